The summed E-state index contributed by atoms with van der Waals surface area (Å²) in [5.74, 6) is 0.857. The smallest absolute Gasteiger partial charge is 0.256 e. The second kappa shape index (κ2) is 9.54. The fourth-order valence-corrected chi connectivity index (χ4v) is 4.95. The van der Waals surface area contributed by atoms with E-state index in [4.69, 9.17) is 14.7 Å². The predicted octanol–water partition coefficient (Wildman–Crippen LogP) is 0.964. The van der Waals surface area contributed by atoms with Gasteiger partial charge in [0, 0.05) is 12.5 Å². The Bertz CT molecular complexity index is 1340. The number of aromatic nitrogens is 7. The first-order chi connectivity index (χ1) is 17.6. The van der Waals surface area contributed by atoms with Crippen LogP contribution in [0.15, 0.2) is 42.9 Å². The Morgan fingerprint density at radius 2 is 1.86 bits per heavy atom. The van der Waals surface area contributed by atoms with E-state index in [1.807, 2.05) is 30.3 Å². The molecule has 1 aliphatic carbocycles. The second-order valence-corrected chi connectivity index (χ2v) is 9.37. The number of nitrogens with zero attached hydrogens (tertiary/aromatic N) is 7. The molecule has 188 valence electrons. The van der Waals surface area contributed by atoms with E-state index in [1.165, 1.54) is 11.0 Å². The molecular weight excluding hydrogens is 464 g/mol. The van der Waals surface area contributed by atoms with Gasteiger partial charge in [0.25, 0.3) is 5.95 Å². The Labute approximate surface area is 206 Å². The molecule has 0 bridgehead atoms. The lowest BCUT2D eigenvalue weighted by atomic mass is 10.1. The Morgan fingerprint density at radius 3 is 2.61 bits per heavy atom. The van der Waals surface area contributed by atoms with Crippen LogP contribution in [0, 0.1) is 0 Å². The van der Waals surface area contributed by atoms with E-state index in [0.29, 0.717) is 29.4 Å². The molecule has 36 heavy (non-hydrogen) atoms. The van der Waals surface area contributed by atoms with Crippen molar-refractivity contribution in [3.8, 4) is 5.95 Å². The van der Waals surface area contributed by atoms with Crippen LogP contribution in [0.5, 0.6) is 0 Å². The molecule has 1 unspecified atom stereocenters. The van der Waals surface area contributed by atoms with Crippen molar-refractivity contribution in [2.45, 2.75) is 62.7 Å². The number of hydrogen-bond acceptors (Lipinski definition) is 10. The molecule has 4 heterocycles. The summed E-state index contributed by atoms with van der Waals surface area (Å²) < 4.78 is 8.82. The minimum atomic E-state index is -1.26. The number of ether oxygens (including phenoxy) is 1. The van der Waals surface area contributed by atoms with E-state index in [-0.39, 0.29) is 6.04 Å². The van der Waals surface area contributed by atoms with Crippen LogP contribution in [0.1, 0.15) is 43.2 Å². The molecule has 4 aromatic rings. The number of imidazole rings is 1. The van der Waals surface area contributed by atoms with Crippen molar-refractivity contribution >= 4 is 17.0 Å². The van der Waals surface area contributed by atoms with E-state index in [9.17, 15) is 15.3 Å². The minimum absolute atomic E-state index is 0.277. The molecule has 0 amide bonds. The largest absolute Gasteiger partial charge is 0.394 e. The van der Waals surface area contributed by atoms with Crippen LogP contribution in [0.25, 0.3) is 17.1 Å². The summed E-state index contributed by atoms with van der Waals surface area (Å²) in [4.78, 5) is 13.9. The van der Waals surface area contributed by atoms with Crippen molar-refractivity contribution < 1.29 is 20.1 Å². The maximum absolute atomic E-state index is 10.6. The lowest BCUT2D eigenvalue weighted by molar-refractivity contribution is -0.0511. The zero-order valence-electron chi connectivity index (χ0n) is 19.6. The molecule has 0 radical (unpaired) electrons. The van der Waals surface area contributed by atoms with Gasteiger partial charge >= 0.3 is 0 Å². The highest BCUT2D eigenvalue weighted by Gasteiger charge is 2.44. The third kappa shape index (κ3) is 4.22. The first-order valence-corrected chi connectivity index (χ1v) is 12.2. The Balaban J connectivity index is 1.39. The van der Waals surface area contributed by atoms with Crippen molar-refractivity contribution in [2.75, 3.05) is 11.9 Å². The second-order valence-electron chi connectivity index (χ2n) is 9.37. The monoisotopic (exact) mass is 492 g/mol. The fourth-order valence-electron chi connectivity index (χ4n) is 4.95. The summed E-state index contributed by atoms with van der Waals surface area (Å²) in [7, 11) is 0. The third-order valence-electron chi connectivity index (χ3n) is 6.87. The molecule has 12 nitrogen and oxygen atoms in total. The van der Waals surface area contributed by atoms with Gasteiger partial charge in [-0.05, 0) is 18.4 Å². The van der Waals surface area contributed by atoms with Crippen LogP contribution in [-0.2, 0) is 11.2 Å². The van der Waals surface area contributed by atoms with Gasteiger partial charge in [-0.1, -0.05) is 48.4 Å². The number of anilines is 1. The van der Waals surface area contributed by atoms with Gasteiger partial charge in [0.1, 0.15) is 18.3 Å². The highest BCUT2D eigenvalue weighted by molar-refractivity contribution is 5.84. The van der Waals surface area contributed by atoms with E-state index < -0.39 is 31.1 Å². The van der Waals surface area contributed by atoms with Crippen molar-refractivity contribution in [2.24, 2.45) is 0 Å². The quantitative estimate of drug-likeness (QED) is 0.293. The van der Waals surface area contributed by atoms with Crippen molar-refractivity contribution in [1.29, 1.82) is 0 Å². The molecule has 0 spiro atoms. The van der Waals surface area contributed by atoms with Gasteiger partial charge in [-0.15, -0.1) is 5.10 Å². The SMILES string of the molecule is OC[C@H]1OC(n2cnc3c(NC4CCCC4)nc(-n4cc(Cc5ccccc5)nn4)nc32)[C@H](O)[C@@H]1O. The highest BCUT2D eigenvalue weighted by Crippen LogP contribution is 2.33. The lowest BCUT2D eigenvalue weighted by Crippen LogP contribution is -2.33. The first kappa shape index (κ1) is 23.0. The topological polar surface area (TPSA) is 156 Å². The molecule has 1 aromatic carbocycles. The van der Waals surface area contributed by atoms with Crippen LogP contribution in [0.4, 0.5) is 5.82 Å². The maximum Gasteiger partial charge on any atom is 0.256 e. The summed E-state index contributed by atoms with van der Waals surface area (Å²) >= 11 is 0. The van der Waals surface area contributed by atoms with E-state index in [1.54, 1.807) is 10.8 Å². The van der Waals surface area contributed by atoms with Gasteiger partial charge in [0.2, 0.25) is 0 Å². The summed E-state index contributed by atoms with van der Waals surface area (Å²) in [6.45, 7) is -0.417. The van der Waals surface area contributed by atoms with Gasteiger partial charge in [-0.2, -0.15) is 14.6 Å². The van der Waals surface area contributed by atoms with E-state index in [0.717, 1.165) is 36.9 Å². The van der Waals surface area contributed by atoms with Crippen LogP contribution >= 0.6 is 0 Å². The minimum Gasteiger partial charge on any atom is -0.394 e. The summed E-state index contributed by atoms with van der Waals surface area (Å²) in [6.07, 6.45) is 3.96. The number of benzene rings is 1. The molecule has 1 aliphatic heterocycles. The number of aliphatic hydroxyl groups is 3. The van der Waals surface area contributed by atoms with Crippen LogP contribution in [0.2, 0.25) is 0 Å². The zero-order valence-corrected chi connectivity index (χ0v) is 19.6. The summed E-state index contributed by atoms with van der Waals surface area (Å²) in [5, 5.41) is 42.4. The standard InChI is InChI=1S/C24H28N8O4/c33-12-17-19(34)20(35)23(36-17)31-13-25-18-21(26-15-8-4-5-9-15)27-24(28-22(18)31)32-11-16(29-30-32)10-14-6-2-1-3-7-14/h1-3,6-7,11,13,15,17,19-20,23,33-35H,4-5,8-10,12H2,(H,26,27,28)/t17-,19-,20-,23?/m1/s1. The lowest BCUT2D eigenvalue weighted by Gasteiger charge is -2.17. The average Bonchev–Trinajstić information content (AvgIpc) is 3.69. The zero-order chi connectivity index (χ0) is 24.6. The first-order valence-electron chi connectivity index (χ1n) is 12.2. The van der Waals surface area contributed by atoms with Gasteiger partial charge < -0.3 is 25.4 Å². The molecule has 6 rings (SSSR count). The molecule has 4 atom stereocenters. The molecule has 3 aromatic heterocycles. The highest BCUT2D eigenvalue weighted by atomic mass is 16.6. The average molecular weight is 493 g/mol. The number of nitrogens with one attached hydrogen (secondary N) is 1. The molecule has 12 heteroatoms. The normalized spacial score (nSPS) is 24.6. The van der Waals surface area contributed by atoms with Crippen LogP contribution in [-0.4, -0.2) is 80.8 Å². The van der Waals surface area contributed by atoms with Gasteiger partial charge in [0.05, 0.1) is 24.8 Å². The van der Waals surface area contributed by atoms with Gasteiger partial charge in [-0.25, -0.2) is 4.98 Å². The van der Waals surface area contributed by atoms with Crippen LogP contribution in [0.3, 0.4) is 0 Å². The number of rotatable bonds is 7. The summed E-state index contributed by atoms with van der Waals surface area (Å²) in [6, 6.07) is 10.3. The van der Waals surface area contributed by atoms with E-state index in [2.05, 4.69) is 20.6 Å². The van der Waals surface area contributed by atoms with E-state index >= 15 is 0 Å². The molecule has 1 saturated carbocycles. The Morgan fingerprint density at radius 1 is 1.06 bits per heavy atom. The van der Waals surface area contributed by atoms with Crippen molar-refractivity contribution in [3.63, 3.8) is 0 Å². The number of hydrogen-bond donors (Lipinski definition) is 4. The Kier molecular flexibility index (Phi) is 6.09. The number of fused-ring (bicyclic) bond motifs is 1. The predicted molar refractivity (Wildman–Crippen MR) is 128 cm³/mol. The fraction of sp³-hybridized carbons (Fsp3) is 0.458. The molecule has 4 N–H and O–H groups in total. The van der Waals surface area contributed by atoms with Crippen molar-refractivity contribution in [3.05, 3.63) is 54.1 Å². The molecule has 1 saturated heterocycles. The van der Waals surface area contributed by atoms with Gasteiger partial charge in [0.15, 0.2) is 23.2 Å². The number of aliphatic hydroxyl groups excluding tert-OH is 3. The molecular formula is C24H28N8O4. The van der Waals surface area contributed by atoms with Gasteiger partial charge in [-0.3, -0.25) is 4.57 Å². The third-order valence-corrected chi connectivity index (χ3v) is 6.87. The Hall–Kier alpha value is -3.45. The van der Waals surface area contributed by atoms with Crippen LogP contribution < -0.4 is 5.32 Å². The maximum atomic E-state index is 10.6. The van der Waals surface area contributed by atoms with Crippen molar-refractivity contribution in [1.82, 2.24) is 34.5 Å². The summed E-state index contributed by atoms with van der Waals surface area (Å²) in [5.41, 5.74) is 2.82. The molecule has 2 aliphatic rings. The molecule has 2 fully saturated rings.